The summed E-state index contributed by atoms with van der Waals surface area (Å²) in [4.78, 5) is 0. The monoisotopic (exact) mass is 120 g/mol. The van der Waals surface area contributed by atoms with E-state index in [0.29, 0.717) is 6.54 Å². The molecule has 44 valence electrons. The molecule has 2 nitrogen and oxygen atoms in total. The molecule has 4 N–H and O–H groups in total. The van der Waals surface area contributed by atoms with Crippen LogP contribution in [0.5, 0.6) is 0 Å². The van der Waals surface area contributed by atoms with Crippen LogP contribution in [0.25, 0.3) is 0 Å². The molecule has 0 rings (SSSR count). The van der Waals surface area contributed by atoms with Gasteiger partial charge in [0.05, 0.1) is 0 Å². The molecular weight excluding hydrogens is 108 g/mol. The van der Waals surface area contributed by atoms with E-state index in [-0.39, 0.29) is 6.04 Å². The highest BCUT2D eigenvalue weighted by molar-refractivity contribution is 7.80. The van der Waals surface area contributed by atoms with Gasteiger partial charge in [0.15, 0.2) is 0 Å². The SMILES string of the molecule is NCC(N)CCS. The average Bonchev–Trinajstić information content (AvgIpc) is 1.68. The van der Waals surface area contributed by atoms with Gasteiger partial charge in [0.25, 0.3) is 0 Å². The summed E-state index contributed by atoms with van der Waals surface area (Å²) < 4.78 is 0. The predicted molar refractivity (Wildman–Crippen MR) is 35.5 cm³/mol. The van der Waals surface area contributed by atoms with Crippen molar-refractivity contribution in [2.24, 2.45) is 11.5 Å². The van der Waals surface area contributed by atoms with Gasteiger partial charge >= 0.3 is 0 Å². The Morgan fingerprint density at radius 2 is 2.14 bits per heavy atom. The van der Waals surface area contributed by atoms with Gasteiger partial charge in [-0.25, -0.2) is 0 Å². The van der Waals surface area contributed by atoms with Gasteiger partial charge in [-0.3, -0.25) is 0 Å². The van der Waals surface area contributed by atoms with E-state index in [1.54, 1.807) is 0 Å². The molecule has 0 saturated heterocycles. The molecule has 0 aliphatic carbocycles. The van der Waals surface area contributed by atoms with E-state index in [4.69, 9.17) is 11.5 Å². The van der Waals surface area contributed by atoms with Crippen LogP contribution in [-0.4, -0.2) is 18.3 Å². The molecule has 0 aromatic heterocycles. The first kappa shape index (κ1) is 7.27. The summed E-state index contributed by atoms with van der Waals surface area (Å²) in [5.74, 6) is 0.832. The fourth-order valence-electron chi connectivity index (χ4n) is 0.284. The zero-order valence-corrected chi connectivity index (χ0v) is 5.20. The maximum atomic E-state index is 5.41. The predicted octanol–water partition coefficient (Wildman–Crippen LogP) is -0.408. The molecule has 0 bridgehead atoms. The first-order valence-corrected chi connectivity index (χ1v) is 3.01. The van der Waals surface area contributed by atoms with Gasteiger partial charge in [-0.05, 0) is 12.2 Å². The van der Waals surface area contributed by atoms with E-state index < -0.39 is 0 Å². The van der Waals surface area contributed by atoms with Crippen LogP contribution < -0.4 is 11.5 Å². The van der Waals surface area contributed by atoms with Crippen LogP contribution in [-0.2, 0) is 0 Å². The minimum absolute atomic E-state index is 0.150. The molecule has 0 radical (unpaired) electrons. The van der Waals surface area contributed by atoms with Crippen LogP contribution in [0.15, 0.2) is 0 Å². The number of rotatable bonds is 3. The summed E-state index contributed by atoms with van der Waals surface area (Å²) in [6.45, 7) is 0.570. The number of hydrogen-bond acceptors (Lipinski definition) is 3. The number of thiol groups is 1. The molecule has 3 heteroatoms. The third-order valence-corrected chi connectivity index (χ3v) is 1.06. The zero-order chi connectivity index (χ0) is 5.70. The Bertz CT molecular complexity index is 40.7. The lowest BCUT2D eigenvalue weighted by Gasteiger charge is -2.02. The standard InChI is InChI=1S/C4H12N2S/c5-3-4(6)1-2-7/h4,7H,1-3,5-6H2. The normalized spacial score (nSPS) is 14.1. The third-order valence-electron chi connectivity index (χ3n) is 0.803. The van der Waals surface area contributed by atoms with Crippen molar-refractivity contribution in [3.05, 3.63) is 0 Å². The Labute approximate surface area is 49.7 Å². The number of nitrogens with two attached hydrogens (primary N) is 2. The Morgan fingerprint density at radius 3 is 2.29 bits per heavy atom. The van der Waals surface area contributed by atoms with Crippen LogP contribution in [0.1, 0.15) is 6.42 Å². The summed E-state index contributed by atoms with van der Waals surface area (Å²) in [5, 5.41) is 0. The van der Waals surface area contributed by atoms with Crippen LogP contribution in [0, 0.1) is 0 Å². The smallest absolute Gasteiger partial charge is 0.0170 e. The highest BCUT2D eigenvalue weighted by Gasteiger charge is 1.93. The lowest BCUT2D eigenvalue weighted by atomic mass is 10.2. The fraction of sp³-hybridized carbons (Fsp3) is 1.00. The molecule has 7 heavy (non-hydrogen) atoms. The maximum absolute atomic E-state index is 5.41. The van der Waals surface area contributed by atoms with Crippen molar-refractivity contribution < 1.29 is 0 Å². The molecule has 1 unspecified atom stereocenters. The fourth-order valence-corrected chi connectivity index (χ4v) is 0.615. The summed E-state index contributed by atoms with van der Waals surface area (Å²) in [7, 11) is 0. The summed E-state index contributed by atoms with van der Waals surface area (Å²) in [6.07, 6.45) is 0.916. The van der Waals surface area contributed by atoms with Gasteiger partial charge in [0.2, 0.25) is 0 Å². The van der Waals surface area contributed by atoms with E-state index in [2.05, 4.69) is 12.6 Å². The summed E-state index contributed by atoms with van der Waals surface area (Å²) in [6, 6.07) is 0.150. The molecule has 0 heterocycles. The quantitative estimate of drug-likeness (QED) is 0.444. The van der Waals surface area contributed by atoms with Gasteiger partial charge in [0.1, 0.15) is 0 Å². The van der Waals surface area contributed by atoms with Gasteiger partial charge in [0, 0.05) is 12.6 Å². The molecule has 0 amide bonds. The van der Waals surface area contributed by atoms with Gasteiger partial charge in [-0.2, -0.15) is 12.6 Å². The first-order chi connectivity index (χ1) is 3.31. The molecule has 0 aliphatic rings. The zero-order valence-electron chi connectivity index (χ0n) is 4.30. The van der Waals surface area contributed by atoms with Gasteiger partial charge < -0.3 is 11.5 Å². The van der Waals surface area contributed by atoms with Crippen molar-refractivity contribution in [1.29, 1.82) is 0 Å². The minimum atomic E-state index is 0.150. The van der Waals surface area contributed by atoms with E-state index in [1.165, 1.54) is 0 Å². The van der Waals surface area contributed by atoms with Crippen molar-refractivity contribution in [3.8, 4) is 0 Å². The highest BCUT2D eigenvalue weighted by atomic mass is 32.1. The lowest BCUT2D eigenvalue weighted by molar-refractivity contribution is 0.666. The Morgan fingerprint density at radius 1 is 1.57 bits per heavy atom. The Balaban J connectivity index is 2.83. The molecule has 0 spiro atoms. The van der Waals surface area contributed by atoms with E-state index in [1.807, 2.05) is 0 Å². The summed E-state index contributed by atoms with van der Waals surface area (Å²) >= 11 is 3.98. The largest absolute Gasteiger partial charge is 0.329 e. The van der Waals surface area contributed by atoms with E-state index >= 15 is 0 Å². The van der Waals surface area contributed by atoms with Crippen LogP contribution >= 0.6 is 12.6 Å². The number of hydrogen-bond donors (Lipinski definition) is 3. The second kappa shape index (κ2) is 4.43. The molecular formula is C4H12N2S. The third kappa shape index (κ3) is 4.12. The van der Waals surface area contributed by atoms with Crippen LogP contribution in [0.2, 0.25) is 0 Å². The lowest BCUT2D eigenvalue weighted by Crippen LogP contribution is -2.29. The van der Waals surface area contributed by atoms with Crippen molar-refractivity contribution >= 4 is 12.6 Å². The Kier molecular flexibility index (Phi) is 4.60. The molecule has 0 aromatic carbocycles. The summed E-state index contributed by atoms with van der Waals surface area (Å²) in [5.41, 5.74) is 10.6. The molecule has 0 saturated carbocycles. The van der Waals surface area contributed by atoms with Crippen molar-refractivity contribution in [3.63, 3.8) is 0 Å². The Hall–Kier alpha value is 0.270. The molecule has 0 aliphatic heterocycles. The van der Waals surface area contributed by atoms with E-state index in [0.717, 1.165) is 12.2 Å². The topological polar surface area (TPSA) is 52.0 Å². The second-order valence-corrected chi connectivity index (χ2v) is 1.96. The van der Waals surface area contributed by atoms with E-state index in [9.17, 15) is 0 Å². The minimum Gasteiger partial charge on any atom is -0.329 e. The molecule has 0 fully saturated rings. The second-order valence-electron chi connectivity index (χ2n) is 1.51. The van der Waals surface area contributed by atoms with Crippen molar-refractivity contribution in [1.82, 2.24) is 0 Å². The van der Waals surface area contributed by atoms with Crippen molar-refractivity contribution in [2.45, 2.75) is 12.5 Å². The highest BCUT2D eigenvalue weighted by Crippen LogP contribution is 1.85. The van der Waals surface area contributed by atoms with Crippen molar-refractivity contribution in [2.75, 3.05) is 12.3 Å². The van der Waals surface area contributed by atoms with Crippen LogP contribution in [0.3, 0.4) is 0 Å². The first-order valence-electron chi connectivity index (χ1n) is 2.37. The van der Waals surface area contributed by atoms with Gasteiger partial charge in [-0.1, -0.05) is 0 Å². The maximum Gasteiger partial charge on any atom is 0.0170 e. The average molecular weight is 120 g/mol. The molecule has 1 atom stereocenters. The van der Waals surface area contributed by atoms with Gasteiger partial charge in [-0.15, -0.1) is 0 Å². The van der Waals surface area contributed by atoms with Crippen LogP contribution in [0.4, 0.5) is 0 Å². The molecule has 0 aromatic rings.